The lowest BCUT2D eigenvalue weighted by Crippen LogP contribution is -2.13. The van der Waals surface area contributed by atoms with Crippen molar-refractivity contribution in [2.45, 2.75) is 13.5 Å². The van der Waals surface area contributed by atoms with Gasteiger partial charge in [0.1, 0.15) is 11.5 Å². The summed E-state index contributed by atoms with van der Waals surface area (Å²) in [6.07, 6.45) is 0. The molecule has 3 rings (SSSR count). The largest absolute Gasteiger partial charge is 0.497 e. The van der Waals surface area contributed by atoms with E-state index in [1.54, 1.807) is 61.2 Å². The first kappa shape index (κ1) is 19.9. The minimum Gasteiger partial charge on any atom is -0.497 e. The molecule has 0 radical (unpaired) electrons. The Morgan fingerprint density at radius 3 is 2.45 bits per heavy atom. The standard InChI is InChI=1S/C20H20N4O5/c1-13-10-19(24(26)27)22-23(13)12-14-4-6-15(7-5-14)20(25)21-17-9-8-16(28-2)11-18(17)29-3/h4-11H,12H2,1-3H3,(H,21,25). The third-order valence-corrected chi connectivity index (χ3v) is 4.36. The van der Waals surface area contributed by atoms with Gasteiger partial charge in [0.05, 0.1) is 43.3 Å². The number of anilines is 1. The molecule has 1 heterocycles. The highest BCUT2D eigenvalue weighted by Crippen LogP contribution is 2.29. The number of ether oxygens (including phenoxy) is 2. The molecule has 0 aliphatic rings. The quantitative estimate of drug-likeness (QED) is 0.484. The maximum absolute atomic E-state index is 12.5. The minimum absolute atomic E-state index is 0.188. The van der Waals surface area contributed by atoms with Gasteiger partial charge in [0.15, 0.2) is 0 Å². The Morgan fingerprint density at radius 2 is 1.86 bits per heavy atom. The second kappa shape index (κ2) is 8.42. The second-order valence-electron chi connectivity index (χ2n) is 6.28. The van der Waals surface area contributed by atoms with Gasteiger partial charge in [0.25, 0.3) is 5.91 Å². The number of methoxy groups -OCH3 is 2. The van der Waals surface area contributed by atoms with Crippen molar-refractivity contribution in [1.29, 1.82) is 0 Å². The van der Waals surface area contributed by atoms with E-state index < -0.39 is 4.92 Å². The van der Waals surface area contributed by atoms with Crippen molar-refractivity contribution in [2.75, 3.05) is 19.5 Å². The number of aryl methyl sites for hydroxylation is 1. The van der Waals surface area contributed by atoms with E-state index in [1.807, 2.05) is 0 Å². The SMILES string of the molecule is COc1ccc(NC(=O)c2ccc(Cn3nc([N+](=O)[O-])cc3C)cc2)c(OC)c1. The van der Waals surface area contributed by atoms with Crippen LogP contribution >= 0.6 is 0 Å². The van der Waals surface area contributed by atoms with Gasteiger partial charge in [-0.15, -0.1) is 0 Å². The van der Waals surface area contributed by atoms with Crippen LogP contribution in [0.15, 0.2) is 48.5 Å². The molecule has 150 valence electrons. The fourth-order valence-electron chi connectivity index (χ4n) is 2.77. The molecule has 0 unspecified atom stereocenters. The molecule has 3 aromatic rings. The zero-order chi connectivity index (χ0) is 21.0. The molecule has 0 bridgehead atoms. The summed E-state index contributed by atoms with van der Waals surface area (Å²) in [6, 6.07) is 13.5. The number of carbonyl (C=O) groups is 1. The number of hydrogen-bond acceptors (Lipinski definition) is 6. The first-order valence-electron chi connectivity index (χ1n) is 8.72. The average Bonchev–Trinajstić information content (AvgIpc) is 3.09. The Kier molecular flexibility index (Phi) is 5.77. The van der Waals surface area contributed by atoms with Gasteiger partial charge in [-0.3, -0.25) is 4.79 Å². The topological polar surface area (TPSA) is 109 Å². The van der Waals surface area contributed by atoms with Gasteiger partial charge < -0.3 is 24.9 Å². The third kappa shape index (κ3) is 4.52. The number of amides is 1. The van der Waals surface area contributed by atoms with Gasteiger partial charge in [0.2, 0.25) is 0 Å². The summed E-state index contributed by atoms with van der Waals surface area (Å²) >= 11 is 0. The summed E-state index contributed by atoms with van der Waals surface area (Å²) in [5, 5.41) is 17.6. The first-order chi connectivity index (χ1) is 13.9. The lowest BCUT2D eigenvalue weighted by molar-refractivity contribution is -0.389. The highest BCUT2D eigenvalue weighted by atomic mass is 16.6. The lowest BCUT2D eigenvalue weighted by atomic mass is 10.1. The Labute approximate surface area is 167 Å². The van der Waals surface area contributed by atoms with E-state index in [4.69, 9.17) is 9.47 Å². The molecular weight excluding hydrogens is 376 g/mol. The number of benzene rings is 2. The summed E-state index contributed by atoms with van der Waals surface area (Å²) in [5.74, 6) is 0.640. The van der Waals surface area contributed by atoms with E-state index in [1.165, 1.54) is 13.2 Å². The predicted octanol–water partition coefficient (Wildman–Crippen LogP) is 3.42. The summed E-state index contributed by atoms with van der Waals surface area (Å²) < 4.78 is 12.0. The zero-order valence-corrected chi connectivity index (χ0v) is 16.2. The number of carbonyl (C=O) groups excluding carboxylic acids is 1. The fraction of sp³-hybridized carbons (Fsp3) is 0.200. The van der Waals surface area contributed by atoms with Crippen molar-refractivity contribution in [3.63, 3.8) is 0 Å². The molecule has 0 aliphatic heterocycles. The van der Waals surface area contributed by atoms with Crippen molar-refractivity contribution in [3.05, 3.63) is 75.5 Å². The molecule has 0 spiro atoms. The second-order valence-corrected chi connectivity index (χ2v) is 6.28. The van der Waals surface area contributed by atoms with Gasteiger partial charge in [-0.1, -0.05) is 12.1 Å². The number of nitrogens with zero attached hydrogens (tertiary/aromatic N) is 3. The zero-order valence-electron chi connectivity index (χ0n) is 16.2. The molecule has 29 heavy (non-hydrogen) atoms. The van der Waals surface area contributed by atoms with Crippen LogP contribution in [0.4, 0.5) is 11.5 Å². The molecule has 1 amide bonds. The van der Waals surface area contributed by atoms with Crippen molar-refractivity contribution in [1.82, 2.24) is 9.78 Å². The number of nitrogens with one attached hydrogen (secondary N) is 1. The molecule has 9 heteroatoms. The summed E-state index contributed by atoms with van der Waals surface area (Å²) in [7, 11) is 3.07. The van der Waals surface area contributed by atoms with Crippen LogP contribution in [0, 0.1) is 17.0 Å². The van der Waals surface area contributed by atoms with Gasteiger partial charge in [-0.25, -0.2) is 0 Å². The van der Waals surface area contributed by atoms with E-state index in [0.717, 1.165) is 5.56 Å². The minimum atomic E-state index is -0.523. The van der Waals surface area contributed by atoms with E-state index in [-0.39, 0.29) is 11.7 Å². The van der Waals surface area contributed by atoms with Crippen molar-refractivity contribution in [3.8, 4) is 11.5 Å². The molecule has 0 saturated carbocycles. The fourth-order valence-corrected chi connectivity index (χ4v) is 2.77. The Morgan fingerprint density at radius 1 is 1.14 bits per heavy atom. The first-order valence-corrected chi connectivity index (χ1v) is 8.72. The van der Waals surface area contributed by atoms with Crippen molar-refractivity contribution < 1.29 is 19.2 Å². The maximum Gasteiger partial charge on any atom is 0.390 e. The van der Waals surface area contributed by atoms with Crippen molar-refractivity contribution in [2.24, 2.45) is 0 Å². The molecule has 2 aromatic carbocycles. The predicted molar refractivity (Wildman–Crippen MR) is 107 cm³/mol. The molecule has 1 aromatic heterocycles. The normalized spacial score (nSPS) is 10.4. The smallest absolute Gasteiger partial charge is 0.390 e. The summed E-state index contributed by atoms with van der Waals surface area (Å²) in [6.45, 7) is 2.12. The number of hydrogen-bond donors (Lipinski definition) is 1. The third-order valence-electron chi connectivity index (χ3n) is 4.36. The molecule has 0 aliphatic carbocycles. The molecular formula is C20H20N4O5. The molecule has 1 N–H and O–H groups in total. The van der Waals surface area contributed by atoms with Gasteiger partial charge in [-0.2, -0.15) is 4.68 Å². The van der Waals surface area contributed by atoms with E-state index >= 15 is 0 Å². The van der Waals surface area contributed by atoms with Crippen LogP contribution in [-0.4, -0.2) is 34.8 Å². The van der Waals surface area contributed by atoms with Crippen LogP contribution in [-0.2, 0) is 6.54 Å². The Balaban J connectivity index is 1.71. The summed E-state index contributed by atoms with van der Waals surface area (Å²) in [4.78, 5) is 22.9. The highest BCUT2D eigenvalue weighted by Gasteiger charge is 2.16. The Hall–Kier alpha value is -3.88. The maximum atomic E-state index is 12.5. The molecule has 0 saturated heterocycles. The van der Waals surface area contributed by atoms with Crippen LogP contribution in [0.1, 0.15) is 21.6 Å². The average molecular weight is 396 g/mol. The van der Waals surface area contributed by atoms with Gasteiger partial charge in [-0.05, 0) is 41.7 Å². The molecule has 9 nitrogen and oxygen atoms in total. The number of nitro groups is 1. The van der Waals surface area contributed by atoms with Crippen LogP contribution in [0.2, 0.25) is 0 Å². The van der Waals surface area contributed by atoms with Gasteiger partial charge in [0, 0.05) is 11.6 Å². The molecule has 0 fully saturated rings. The monoisotopic (exact) mass is 396 g/mol. The van der Waals surface area contributed by atoms with E-state index in [2.05, 4.69) is 10.4 Å². The highest BCUT2D eigenvalue weighted by molar-refractivity contribution is 6.05. The van der Waals surface area contributed by atoms with Gasteiger partial charge >= 0.3 is 5.82 Å². The van der Waals surface area contributed by atoms with Crippen LogP contribution < -0.4 is 14.8 Å². The number of rotatable bonds is 7. The Bertz CT molecular complexity index is 1040. The van der Waals surface area contributed by atoms with Crippen LogP contribution in [0.25, 0.3) is 0 Å². The molecule has 0 atom stereocenters. The van der Waals surface area contributed by atoms with Crippen molar-refractivity contribution >= 4 is 17.4 Å². The summed E-state index contributed by atoms with van der Waals surface area (Å²) in [5.41, 5.74) is 2.55. The lowest BCUT2D eigenvalue weighted by Gasteiger charge is -2.12. The number of aromatic nitrogens is 2. The van der Waals surface area contributed by atoms with E-state index in [0.29, 0.717) is 35.0 Å². The van der Waals surface area contributed by atoms with E-state index in [9.17, 15) is 14.9 Å². The van der Waals surface area contributed by atoms with Crippen LogP contribution in [0.3, 0.4) is 0 Å². The van der Waals surface area contributed by atoms with Crippen LogP contribution in [0.5, 0.6) is 11.5 Å².